The highest BCUT2D eigenvalue weighted by Gasteiger charge is 2.19. The van der Waals surface area contributed by atoms with Gasteiger partial charge in [0.05, 0.1) is 12.7 Å². The summed E-state index contributed by atoms with van der Waals surface area (Å²) in [5.41, 5.74) is 1.33. The van der Waals surface area contributed by atoms with Crippen LogP contribution in [0.3, 0.4) is 0 Å². The van der Waals surface area contributed by atoms with Crippen LogP contribution in [0.5, 0.6) is 0 Å². The van der Waals surface area contributed by atoms with Crippen molar-refractivity contribution in [2.75, 3.05) is 14.1 Å². The van der Waals surface area contributed by atoms with Crippen molar-refractivity contribution in [2.45, 2.75) is 10.8 Å². The molecule has 0 saturated heterocycles. The fraction of sp³-hybridized carbons (Fsp3) is 0.176. The molecular weight excluding hydrogens is 374 g/mol. The monoisotopic (exact) mass is 391 g/mol. The molecular formula is C17H17N3O4S2. The predicted octanol–water partition coefficient (Wildman–Crippen LogP) is 2.58. The lowest BCUT2D eigenvalue weighted by atomic mass is 10.1. The van der Waals surface area contributed by atoms with Gasteiger partial charge in [0.15, 0.2) is 12.2 Å². The van der Waals surface area contributed by atoms with Gasteiger partial charge in [-0.05, 0) is 24.3 Å². The van der Waals surface area contributed by atoms with Gasteiger partial charge >= 0.3 is 0 Å². The van der Waals surface area contributed by atoms with Gasteiger partial charge in [-0.15, -0.1) is 11.3 Å². The van der Waals surface area contributed by atoms with Crippen molar-refractivity contribution in [1.29, 1.82) is 0 Å². The van der Waals surface area contributed by atoms with Crippen LogP contribution in [0.15, 0.2) is 57.6 Å². The molecule has 26 heavy (non-hydrogen) atoms. The van der Waals surface area contributed by atoms with Gasteiger partial charge in [0.25, 0.3) is 15.9 Å². The number of nitrogens with one attached hydrogen (secondary N) is 1. The number of amides is 1. The average Bonchev–Trinajstić information content (AvgIpc) is 3.31. The Hall–Kier alpha value is -2.49. The summed E-state index contributed by atoms with van der Waals surface area (Å²) in [5.74, 6) is 0.393. The highest BCUT2D eigenvalue weighted by molar-refractivity contribution is 7.91. The van der Waals surface area contributed by atoms with Crippen LogP contribution < -0.4 is 5.32 Å². The Morgan fingerprint density at radius 2 is 1.92 bits per heavy atom. The summed E-state index contributed by atoms with van der Waals surface area (Å²) in [5, 5.41) is 2.79. The number of benzene rings is 1. The van der Waals surface area contributed by atoms with Gasteiger partial charge in [-0.1, -0.05) is 12.1 Å². The van der Waals surface area contributed by atoms with Crippen molar-refractivity contribution in [3.8, 4) is 11.3 Å². The van der Waals surface area contributed by atoms with Gasteiger partial charge in [0, 0.05) is 30.1 Å². The number of hydrogen-bond acceptors (Lipinski definition) is 6. The number of rotatable bonds is 6. The van der Waals surface area contributed by atoms with Gasteiger partial charge in [-0.3, -0.25) is 4.79 Å². The first kappa shape index (κ1) is 18.3. The Bertz CT molecular complexity index is 991. The normalized spacial score (nSPS) is 11.7. The first-order valence-electron chi connectivity index (χ1n) is 7.66. The second kappa shape index (κ2) is 7.40. The summed E-state index contributed by atoms with van der Waals surface area (Å²) in [6.45, 7) is 0.260. The second-order valence-electron chi connectivity index (χ2n) is 5.63. The third-order valence-electron chi connectivity index (χ3n) is 3.66. The van der Waals surface area contributed by atoms with Gasteiger partial charge in [0.2, 0.25) is 0 Å². The van der Waals surface area contributed by atoms with Crippen molar-refractivity contribution >= 4 is 27.3 Å². The summed E-state index contributed by atoms with van der Waals surface area (Å²) in [4.78, 5) is 16.9. The van der Waals surface area contributed by atoms with E-state index in [4.69, 9.17) is 4.42 Å². The molecule has 0 aliphatic heterocycles. The van der Waals surface area contributed by atoms with Crippen LogP contribution in [0, 0.1) is 0 Å². The fourth-order valence-electron chi connectivity index (χ4n) is 2.19. The predicted molar refractivity (Wildman–Crippen MR) is 98.3 cm³/mol. The van der Waals surface area contributed by atoms with E-state index in [9.17, 15) is 13.2 Å². The molecule has 0 fully saturated rings. The van der Waals surface area contributed by atoms with Crippen molar-refractivity contribution in [3.05, 3.63) is 59.4 Å². The SMILES string of the molecule is CN(C)S(=O)(=O)c1ccc(CNC(=O)c2ccc(-c3cnco3)cc2)s1. The molecule has 9 heteroatoms. The lowest BCUT2D eigenvalue weighted by Gasteiger charge is -2.08. The minimum Gasteiger partial charge on any atom is -0.444 e. The molecule has 0 aliphatic rings. The number of aromatic nitrogens is 1. The van der Waals surface area contributed by atoms with Gasteiger partial charge in [-0.25, -0.2) is 17.7 Å². The van der Waals surface area contributed by atoms with Crippen LogP contribution >= 0.6 is 11.3 Å². The topological polar surface area (TPSA) is 92.5 Å². The molecule has 0 spiro atoms. The molecule has 0 unspecified atom stereocenters. The van der Waals surface area contributed by atoms with Crippen LogP contribution in [0.1, 0.15) is 15.2 Å². The van der Waals surface area contributed by atoms with E-state index in [2.05, 4.69) is 10.3 Å². The molecule has 0 saturated carbocycles. The zero-order valence-electron chi connectivity index (χ0n) is 14.2. The van der Waals surface area contributed by atoms with E-state index in [0.29, 0.717) is 11.3 Å². The second-order valence-corrected chi connectivity index (χ2v) is 9.18. The molecule has 2 aromatic heterocycles. The van der Waals surface area contributed by atoms with E-state index in [1.54, 1.807) is 42.6 Å². The van der Waals surface area contributed by atoms with Crippen molar-refractivity contribution < 1.29 is 17.6 Å². The number of sulfonamides is 1. The quantitative estimate of drug-likeness (QED) is 0.697. The number of thiophene rings is 1. The maximum Gasteiger partial charge on any atom is 0.252 e. The highest BCUT2D eigenvalue weighted by atomic mass is 32.2. The van der Waals surface area contributed by atoms with Crippen LogP contribution in [0.25, 0.3) is 11.3 Å². The number of hydrogen-bond donors (Lipinski definition) is 1. The van der Waals surface area contributed by atoms with Crippen molar-refractivity contribution in [2.24, 2.45) is 0 Å². The Labute approximate surface area is 155 Å². The molecule has 0 aliphatic carbocycles. The largest absolute Gasteiger partial charge is 0.444 e. The zero-order chi connectivity index (χ0) is 18.7. The number of carbonyl (C=O) groups excluding carboxylic acids is 1. The molecule has 1 aromatic carbocycles. The summed E-state index contributed by atoms with van der Waals surface area (Å²) >= 11 is 1.14. The lowest BCUT2D eigenvalue weighted by molar-refractivity contribution is 0.0951. The van der Waals surface area contributed by atoms with Gasteiger partial charge < -0.3 is 9.73 Å². The van der Waals surface area contributed by atoms with Crippen LogP contribution in [0.4, 0.5) is 0 Å². The molecule has 2 heterocycles. The zero-order valence-corrected chi connectivity index (χ0v) is 15.8. The van der Waals surface area contributed by atoms with E-state index < -0.39 is 10.0 Å². The standard InChI is InChI=1S/C17H17N3O4S2/c1-20(2)26(22,23)16-8-7-14(25-16)9-19-17(21)13-5-3-12(4-6-13)15-10-18-11-24-15/h3-8,10-11H,9H2,1-2H3,(H,19,21). The lowest BCUT2D eigenvalue weighted by Crippen LogP contribution is -2.22. The Kier molecular flexibility index (Phi) is 5.21. The fourth-order valence-corrected chi connectivity index (χ4v) is 4.65. The molecule has 7 nitrogen and oxygen atoms in total. The van der Waals surface area contributed by atoms with Crippen LogP contribution in [0.2, 0.25) is 0 Å². The Morgan fingerprint density at radius 3 is 2.54 bits per heavy atom. The molecule has 0 bridgehead atoms. The molecule has 3 aromatic rings. The summed E-state index contributed by atoms with van der Waals surface area (Å²) < 4.78 is 30.8. The van der Waals surface area contributed by atoms with Crippen molar-refractivity contribution in [1.82, 2.24) is 14.6 Å². The van der Waals surface area contributed by atoms with Gasteiger partial charge in [0.1, 0.15) is 4.21 Å². The van der Waals surface area contributed by atoms with Gasteiger partial charge in [-0.2, -0.15) is 0 Å². The highest BCUT2D eigenvalue weighted by Crippen LogP contribution is 2.24. The van der Waals surface area contributed by atoms with E-state index in [1.165, 1.54) is 20.5 Å². The summed E-state index contributed by atoms with van der Waals surface area (Å²) in [6, 6.07) is 10.2. The minimum absolute atomic E-state index is 0.237. The van der Waals surface area contributed by atoms with Crippen molar-refractivity contribution in [3.63, 3.8) is 0 Å². The van der Waals surface area contributed by atoms with E-state index in [-0.39, 0.29) is 16.7 Å². The number of carbonyl (C=O) groups is 1. The molecule has 1 N–H and O–H groups in total. The molecule has 1 amide bonds. The van der Waals surface area contributed by atoms with E-state index in [0.717, 1.165) is 26.1 Å². The number of oxazole rings is 1. The van der Waals surface area contributed by atoms with Crippen LogP contribution in [-0.2, 0) is 16.6 Å². The maximum atomic E-state index is 12.3. The summed E-state index contributed by atoms with van der Waals surface area (Å²) in [7, 11) is -0.478. The maximum absolute atomic E-state index is 12.3. The van der Waals surface area contributed by atoms with Crippen LogP contribution in [-0.4, -0.2) is 37.7 Å². The average molecular weight is 391 g/mol. The minimum atomic E-state index is -3.45. The Balaban J connectivity index is 1.63. The van der Waals surface area contributed by atoms with E-state index >= 15 is 0 Å². The first-order valence-corrected chi connectivity index (χ1v) is 9.92. The summed E-state index contributed by atoms with van der Waals surface area (Å²) in [6.07, 6.45) is 2.95. The van der Waals surface area contributed by atoms with E-state index in [1.807, 2.05) is 0 Å². The molecule has 0 radical (unpaired) electrons. The Morgan fingerprint density at radius 1 is 1.19 bits per heavy atom. The molecule has 0 atom stereocenters. The third-order valence-corrected chi connectivity index (χ3v) is 7.03. The molecule has 3 rings (SSSR count). The first-order chi connectivity index (χ1) is 12.4. The smallest absolute Gasteiger partial charge is 0.252 e. The molecule has 136 valence electrons. The third kappa shape index (κ3) is 3.85. The number of nitrogens with zero attached hydrogens (tertiary/aromatic N) is 2.